The summed E-state index contributed by atoms with van der Waals surface area (Å²) in [5, 5.41) is 7.35. The van der Waals surface area contributed by atoms with Gasteiger partial charge in [-0.3, -0.25) is 4.79 Å². The number of anilines is 1. The molecular weight excluding hydrogens is 346 g/mol. The normalized spacial score (nSPS) is 14.9. The van der Waals surface area contributed by atoms with E-state index in [1.165, 1.54) is 0 Å². The van der Waals surface area contributed by atoms with Crippen LogP contribution >= 0.6 is 11.3 Å². The molecule has 1 saturated heterocycles. The van der Waals surface area contributed by atoms with Crippen molar-refractivity contribution in [2.75, 3.05) is 31.1 Å². The van der Waals surface area contributed by atoms with Crippen LogP contribution in [0.3, 0.4) is 0 Å². The molecule has 1 aromatic carbocycles. The number of benzene rings is 1. The number of carbonyl (C=O) groups excluding carboxylic acids is 1. The maximum absolute atomic E-state index is 12.4. The topological polar surface area (TPSA) is 54.3 Å². The largest absolute Gasteiger partial charge is 0.345 e. The van der Waals surface area contributed by atoms with Crippen LogP contribution in [0.15, 0.2) is 60.4 Å². The fourth-order valence-corrected chi connectivity index (χ4v) is 3.60. The lowest BCUT2D eigenvalue weighted by molar-refractivity contribution is -0.126. The zero-order chi connectivity index (χ0) is 17.8. The van der Waals surface area contributed by atoms with Gasteiger partial charge >= 0.3 is 0 Å². The number of carbonyl (C=O) groups is 1. The Kier molecular flexibility index (Phi) is 4.79. The Bertz CT molecular complexity index is 880. The minimum absolute atomic E-state index is 0.0382. The van der Waals surface area contributed by atoms with Crippen molar-refractivity contribution in [2.45, 2.75) is 0 Å². The Morgan fingerprint density at radius 3 is 2.65 bits per heavy atom. The third-order valence-electron chi connectivity index (χ3n) is 4.32. The summed E-state index contributed by atoms with van der Waals surface area (Å²) in [4.78, 5) is 20.9. The predicted molar refractivity (Wildman–Crippen MR) is 104 cm³/mol. The molecule has 0 atom stereocenters. The molecule has 3 heterocycles. The minimum atomic E-state index is 0.0382. The zero-order valence-corrected chi connectivity index (χ0v) is 15.0. The third-order valence-corrected chi connectivity index (χ3v) is 5.16. The first-order valence-corrected chi connectivity index (χ1v) is 9.39. The number of thiazole rings is 1. The molecular formula is C19H19N5OS. The summed E-state index contributed by atoms with van der Waals surface area (Å²) in [7, 11) is 0. The minimum Gasteiger partial charge on any atom is -0.345 e. The van der Waals surface area contributed by atoms with Crippen LogP contribution in [0.5, 0.6) is 0 Å². The Morgan fingerprint density at radius 1 is 1.12 bits per heavy atom. The number of para-hydroxylation sites is 1. The molecule has 1 aliphatic heterocycles. The summed E-state index contributed by atoms with van der Waals surface area (Å²) < 4.78 is 1.80. The smallest absolute Gasteiger partial charge is 0.246 e. The highest BCUT2D eigenvalue weighted by Gasteiger charge is 2.20. The van der Waals surface area contributed by atoms with Gasteiger partial charge in [0.05, 0.1) is 11.9 Å². The summed E-state index contributed by atoms with van der Waals surface area (Å²) in [5.74, 6) is 0.0382. The fourth-order valence-electron chi connectivity index (χ4n) is 2.91. The predicted octanol–water partition coefficient (Wildman–Crippen LogP) is 2.69. The van der Waals surface area contributed by atoms with Crippen molar-refractivity contribution in [3.8, 4) is 5.69 Å². The van der Waals surface area contributed by atoms with E-state index in [1.807, 2.05) is 59.1 Å². The van der Waals surface area contributed by atoms with Crippen LogP contribution < -0.4 is 4.90 Å². The van der Waals surface area contributed by atoms with Crippen LogP contribution in [0.1, 0.15) is 5.56 Å². The van der Waals surface area contributed by atoms with Crippen LogP contribution in [-0.2, 0) is 4.79 Å². The van der Waals surface area contributed by atoms with E-state index < -0.39 is 0 Å². The summed E-state index contributed by atoms with van der Waals surface area (Å²) in [6.45, 7) is 3.07. The van der Waals surface area contributed by atoms with Crippen LogP contribution in [0.2, 0.25) is 0 Å². The van der Waals surface area contributed by atoms with Crippen molar-refractivity contribution in [1.29, 1.82) is 0 Å². The highest BCUT2D eigenvalue weighted by molar-refractivity contribution is 7.13. The van der Waals surface area contributed by atoms with Gasteiger partial charge in [0.2, 0.25) is 5.91 Å². The second-order valence-corrected chi connectivity index (χ2v) is 6.89. The van der Waals surface area contributed by atoms with E-state index in [-0.39, 0.29) is 5.91 Å². The van der Waals surface area contributed by atoms with Crippen LogP contribution in [0, 0.1) is 0 Å². The van der Waals surface area contributed by atoms with Gasteiger partial charge in [-0.1, -0.05) is 18.2 Å². The van der Waals surface area contributed by atoms with Gasteiger partial charge in [-0.15, -0.1) is 11.3 Å². The fraction of sp³-hybridized carbons (Fsp3) is 0.211. The van der Waals surface area contributed by atoms with Gasteiger partial charge in [0.1, 0.15) is 0 Å². The second-order valence-electron chi connectivity index (χ2n) is 6.01. The van der Waals surface area contributed by atoms with Crippen molar-refractivity contribution in [2.24, 2.45) is 0 Å². The van der Waals surface area contributed by atoms with Gasteiger partial charge in [0, 0.05) is 55.6 Å². The van der Waals surface area contributed by atoms with Gasteiger partial charge in [0.15, 0.2) is 5.13 Å². The maximum Gasteiger partial charge on any atom is 0.246 e. The molecule has 1 amide bonds. The number of amides is 1. The first-order chi connectivity index (χ1) is 12.8. The molecule has 26 heavy (non-hydrogen) atoms. The Morgan fingerprint density at radius 2 is 1.92 bits per heavy atom. The number of hydrogen-bond donors (Lipinski definition) is 0. The molecule has 3 aromatic rings. The van der Waals surface area contributed by atoms with Gasteiger partial charge in [-0.2, -0.15) is 5.10 Å². The number of hydrogen-bond acceptors (Lipinski definition) is 5. The zero-order valence-electron chi connectivity index (χ0n) is 14.2. The lowest BCUT2D eigenvalue weighted by Crippen LogP contribution is -2.48. The standard InChI is InChI=1S/C19H19N5OS/c25-18(22-9-11-23(12-10-22)19-20-8-13-26-19)7-6-16-14-21-24(15-16)17-4-2-1-3-5-17/h1-8,13-15H,9-12H2/b7-6+. The SMILES string of the molecule is O=C(/C=C/c1cnn(-c2ccccc2)c1)N1CCN(c2nccs2)CC1. The number of aromatic nitrogens is 3. The van der Waals surface area contributed by atoms with Gasteiger partial charge in [-0.25, -0.2) is 9.67 Å². The number of piperazine rings is 1. The van der Waals surface area contributed by atoms with Crippen molar-refractivity contribution in [1.82, 2.24) is 19.7 Å². The van der Waals surface area contributed by atoms with Gasteiger partial charge in [0.25, 0.3) is 0 Å². The molecule has 2 aromatic heterocycles. The van der Waals surface area contributed by atoms with Crippen molar-refractivity contribution in [3.05, 3.63) is 65.9 Å². The molecule has 0 spiro atoms. The average molecular weight is 365 g/mol. The van der Waals surface area contributed by atoms with Crippen LogP contribution in [0.25, 0.3) is 11.8 Å². The summed E-state index contributed by atoms with van der Waals surface area (Å²) in [6, 6.07) is 9.91. The highest BCUT2D eigenvalue weighted by Crippen LogP contribution is 2.19. The van der Waals surface area contributed by atoms with E-state index in [1.54, 1.807) is 28.3 Å². The lowest BCUT2D eigenvalue weighted by atomic mass is 10.2. The molecule has 7 heteroatoms. The average Bonchev–Trinajstić information content (AvgIpc) is 3.39. The Balaban J connectivity index is 1.34. The Labute approximate surface area is 156 Å². The molecule has 0 saturated carbocycles. The molecule has 0 bridgehead atoms. The first kappa shape index (κ1) is 16.5. The van der Waals surface area contributed by atoms with E-state index in [0.29, 0.717) is 13.1 Å². The van der Waals surface area contributed by atoms with Crippen molar-refractivity contribution < 1.29 is 4.79 Å². The molecule has 4 rings (SSSR count). The van der Waals surface area contributed by atoms with E-state index in [9.17, 15) is 4.79 Å². The third kappa shape index (κ3) is 3.67. The van der Waals surface area contributed by atoms with Crippen LogP contribution in [-0.4, -0.2) is 51.8 Å². The Hall–Kier alpha value is -2.93. The quantitative estimate of drug-likeness (QED) is 0.667. The van der Waals surface area contributed by atoms with Crippen molar-refractivity contribution >= 4 is 28.5 Å². The summed E-state index contributed by atoms with van der Waals surface area (Å²) in [5.41, 5.74) is 1.90. The van der Waals surface area contributed by atoms with E-state index in [0.717, 1.165) is 29.5 Å². The highest BCUT2D eigenvalue weighted by atomic mass is 32.1. The summed E-state index contributed by atoms with van der Waals surface area (Å²) >= 11 is 1.64. The molecule has 0 aliphatic carbocycles. The molecule has 0 N–H and O–H groups in total. The summed E-state index contributed by atoms with van der Waals surface area (Å²) in [6.07, 6.45) is 8.94. The molecule has 132 valence electrons. The van der Waals surface area contributed by atoms with Gasteiger partial charge in [-0.05, 0) is 18.2 Å². The van der Waals surface area contributed by atoms with E-state index in [2.05, 4.69) is 15.0 Å². The lowest BCUT2D eigenvalue weighted by Gasteiger charge is -2.34. The van der Waals surface area contributed by atoms with Gasteiger partial charge < -0.3 is 9.80 Å². The number of rotatable bonds is 4. The maximum atomic E-state index is 12.4. The van der Waals surface area contributed by atoms with E-state index in [4.69, 9.17) is 0 Å². The first-order valence-electron chi connectivity index (χ1n) is 8.51. The molecule has 1 fully saturated rings. The molecule has 6 nitrogen and oxygen atoms in total. The van der Waals surface area contributed by atoms with Crippen molar-refractivity contribution in [3.63, 3.8) is 0 Å². The molecule has 0 unspecified atom stereocenters. The van der Waals surface area contributed by atoms with E-state index >= 15 is 0 Å². The second kappa shape index (κ2) is 7.53. The molecule has 1 aliphatic rings. The number of nitrogens with zero attached hydrogens (tertiary/aromatic N) is 5. The molecule has 0 radical (unpaired) electrons. The van der Waals surface area contributed by atoms with Crippen LogP contribution in [0.4, 0.5) is 5.13 Å². The monoisotopic (exact) mass is 365 g/mol.